The van der Waals surface area contributed by atoms with Gasteiger partial charge in [0.2, 0.25) is 0 Å². The maximum absolute atomic E-state index is 8.74. The van der Waals surface area contributed by atoms with E-state index in [1.165, 1.54) is 0 Å². The van der Waals surface area contributed by atoms with Crippen LogP contribution in [0.3, 0.4) is 0 Å². The minimum atomic E-state index is -3.13. The molecule has 0 aliphatic carbocycles. The van der Waals surface area contributed by atoms with Crippen molar-refractivity contribution in [2.24, 2.45) is 0 Å². The summed E-state index contributed by atoms with van der Waals surface area (Å²) >= 11 is 0. The molecule has 0 aliphatic rings. The van der Waals surface area contributed by atoms with Gasteiger partial charge in [0.15, 0.2) is 0 Å². The van der Waals surface area contributed by atoms with Gasteiger partial charge in [-0.15, -0.1) is 0 Å². The Morgan fingerprint density at radius 1 is 1.33 bits per heavy atom. The minimum absolute atomic E-state index is 0. The molecule has 0 aromatic carbocycles. The van der Waals surface area contributed by atoms with E-state index in [2.05, 4.69) is 0 Å². The average molecular weight is 225 g/mol. The van der Waals surface area contributed by atoms with Crippen LogP contribution in [0.4, 0.5) is 0 Å². The summed E-state index contributed by atoms with van der Waals surface area (Å²) in [5, 5.41) is 0. The van der Waals surface area contributed by atoms with Gasteiger partial charge in [0, 0.05) is 43.3 Å². The van der Waals surface area contributed by atoms with E-state index in [1.54, 1.807) is 0 Å². The van der Waals surface area contributed by atoms with Crippen molar-refractivity contribution in [1.82, 2.24) is 0 Å². The molecule has 0 unspecified atom stereocenters. The van der Waals surface area contributed by atoms with Gasteiger partial charge < -0.3 is 9.59 Å². The Balaban J connectivity index is -0.0000000450. The summed E-state index contributed by atoms with van der Waals surface area (Å²) in [5.74, 6) is 0. The molecule has 6 heteroatoms. The summed E-state index contributed by atoms with van der Waals surface area (Å²) in [6.07, 6.45) is 0. The van der Waals surface area contributed by atoms with Crippen molar-refractivity contribution in [3.8, 4) is 0 Å². The third kappa shape index (κ3) is 78.0. The van der Waals surface area contributed by atoms with Crippen molar-refractivity contribution in [1.29, 1.82) is 0 Å². The van der Waals surface area contributed by atoms with Gasteiger partial charge in [-0.1, -0.05) is 0 Å². The van der Waals surface area contributed by atoms with Gasteiger partial charge in [-0.3, -0.25) is 4.46 Å². The van der Waals surface area contributed by atoms with Crippen molar-refractivity contribution in [3.05, 3.63) is 0 Å². The summed E-state index contributed by atoms with van der Waals surface area (Å²) in [6.45, 7) is 0. The SMILES string of the molecule is O=[Si](O)O.[Fe].[Zr]. The van der Waals surface area contributed by atoms with Crippen molar-refractivity contribution in [2.45, 2.75) is 0 Å². The van der Waals surface area contributed by atoms with Crippen LogP contribution in [0.1, 0.15) is 0 Å². The zero-order chi connectivity index (χ0) is 3.58. The molecule has 0 fully saturated rings. The normalized spacial score (nSPS) is 4.00. The van der Waals surface area contributed by atoms with Gasteiger partial charge in [-0.2, -0.15) is 0 Å². The molecule has 0 amide bonds. The van der Waals surface area contributed by atoms with Crippen LogP contribution in [0.15, 0.2) is 0 Å². The molecule has 36 valence electrons. The standard InChI is InChI=1S/Fe.H2O3Si.Zr/c;1-4(2)3;/h;1-2H;. The Kier molecular flexibility index (Phi) is 24.6. The largest absolute Gasteiger partial charge is 0.761 e. The van der Waals surface area contributed by atoms with Crippen LogP contribution in [0.25, 0.3) is 0 Å². The second-order valence-corrected chi connectivity index (χ2v) is 0.848. The molecule has 0 aliphatic heterocycles. The first-order chi connectivity index (χ1) is 1.73. The Labute approximate surface area is 66.3 Å². The fourth-order valence-electron chi connectivity index (χ4n) is 0. The molecule has 0 spiro atoms. The quantitative estimate of drug-likeness (QED) is 0.487. The molecule has 0 bridgehead atoms. The van der Waals surface area contributed by atoms with E-state index in [4.69, 9.17) is 14.1 Å². The monoisotopic (exact) mass is 224 g/mol. The van der Waals surface area contributed by atoms with Gasteiger partial charge >= 0.3 is 9.17 Å². The number of hydrogen-bond donors (Lipinski definition) is 2. The van der Waals surface area contributed by atoms with Crippen LogP contribution in [0.5, 0.6) is 0 Å². The van der Waals surface area contributed by atoms with Crippen molar-refractivity contribution >= 4 is 9.17 Å². The number of hydrogen-bond acceptors (Lipinski definition) is 1. The molecule has 0 heterocycles. The molecule has 2 N–H and O–H groups in total. The minimum Gasteiger partial charge on any atom is -0.511 e. The van der Waals surface area contributed by atoms with Gasteiger partial charge in [-0.05, 0) is 0 Å². The van der Waals surface area contributed by atoms with Gasteiger partial charge in [0.25, 0.3) is 0 Å². The molecule has 0 radical (unpaired) electrons. The van der Waals surface area contributed by atoms with Gasteiger partial charge in [0.1, 0.15) is 0 Å². The summed E-state index contributed by atoms with van der Waals surface area (Å²) in [4.78, 5) is 14.3. The fraction of sp³-hybridized carbons (Fsp3) is 0. The zero-order valence-corrected chi connectivity index (χ0v) is 7.22. The van der Waals surface area contributed by atoms with Crippen LogP contribution in [-0.2, 0) is 47.7 Å². The first kappa shape index (κ1) is 15.7. The third-order valence-corrected chi connectivity index (χ3v) is 0. The maximum Gasteiger partial charge on any atom is 0.761 e. The molecular formula is H2FeO3SiZr. The second-order valence-electron chi connectivity index (χ2n) is 0.283. The predicted octanol–water partition coefficient (Wildman–Crippen LogP) is -1.62. The van der Waals surface area contributed by atoms with Crippen LogP contribution in [0.2, 0.25) is 0 Å². The first-order valence-corrected chi connectivity index (χ1v) is 1.95. The molecule has 0 saturated carbocycles. The molecule has 0 rings (SSSR count). The summed E-state index contributed by atoms with van der Waals surface area (Å²) < 4.78 is 8.74. The molecule has 0 saturated heterocycles. The Bertz CT molecular complexity index is 33.8. The summed E-state index contributed by atoms with van der Waals surface area (Å²) in [5.41, 5.74) is 0. The Morgan fingerprint density at radius 2 is 1.33 bits per heavy atom. The molecule has 3 nitrogen and oxygen atoms in total. The van der Waals surface area contributed by atoms with Crippen molar-refractivity contribution in [3.63, 3.8) is 0 Å². The van der Waals surface area contributed by atoms with Crippen LogP contribution in [0, 0.1) is 0 Å². The van der Waals surface area contributed by atoms with Crippen LogP contribution >= 0.6 is 0 Å². The Hall–Kier alpha value is 1.02. The van der Waals surface area contributed by atoms with Crippen LogP contribution in [-0.4, -0.2) is 18.8 Å². The zero-order valence-electron chi connectivity index (χ0n) is 2.66. The van der Waals surface area contributed by atoms with Crippen molar-refractivity contribution < 1.29 is 57.3 Å². The van der Waals surface area contributed by atoms with E-state index in [9.17, 15) is 0 Å². The fourth-order valence-corrected chi connectivity index (χ4v) is 0. The second kappa shape index (κ2) is 9.39. The van der Waals surface area contributed by atoms with E-state index >= 15 is 0 Å². The average Bonchev–Trinajstić information content (AvgIpc) is 0.811. The predicted molar refractivity (Wildman–Crippen MR) is 10.9 cm³/mol. The summed E-state index contributed by atoms with van der Waals surface area (Å²) in [7, 11) is -3.13. The van der Waals surface area contributed by atoms with E-state index in [1.807, 2.05) is 0 Å². The third-order valence-electron chi connectivity index (χ3n) is 0. The first-order valence-electron chi connectivity index (χ1n) is 0.651. The van der Waals surface area contributed by atoms with Crippen LogP contribution < -0.4 is 0 Å². The summed E-state index contributed by atoms with van der Waals surface area (Å²) in [6, 6.07) is 0. The topological polar surface area (TPSA) is 57.5 Å². The van der Waals surface area contributed by atoms with Gasteiger partial charge in [0.05, 0.1) is 0 Å². The Morgan fingerprint density at radius 3 is 1.33 bits per heavy atom. The van der Waals surface area contributed by atoms with E-state index in [0.717, 1.165) is 0 Å². The van der Waals surface area contributed by atoms with E-state index in [0.29, 0.717) is 0 Å². The molecule has 0 aromatic heterocycles. The molecular weight excluding hydrogens is 223 g/mol. The molecule has 0 aromatic rings. The van der Waals surface area contributed by atoms with E-state index in [-0.39, 0.29) is 43.3 Å². The molecule has 6 heavy (non-hydrogen) atoms. The molecule has 0 atom stereocenters. The van der Waals surface area contributed by atoms with Crippen molar-refractivity contribution in [2.75, 3.05) is 0 Å². The maximum atomic E-state index is 8.74. The smallest absolute Gasteiger partial charge is 0.511 e. The number of rotatable bonds is 0. The van der Waals surface area contributed by atoms with Gasteiger partial charge in [-0.25, -0.2) is 0 Å². The van der Waals surface area contributed by atoms with E-state index < -0.39 is 9.17 Å².